The molecule has 9 heteroatoms. The van der Waals surface area contributed by atoms with Gasteiger partial charge in [0, 0.05) is 19.0 Å². The Labute approximate surface area is 220 Å². The zero-order chi connectivity index (χ0) is 26.8. The Morgan fingerprint density at radius 1 is 1.22 bits per heavy atom. The van der Waals surface area contributed by atoms with E-state index in [-0.39, 0.29) is 41.4 Å². The summed E-state index contributed by atoms with van der Waals surface area (Å²) in [4.78, 5) is 22.0. The summed E-state index contributed by atoms with van der Waals surface area (Å²) in [6.45, 7) is 14.0. The fourth-order valence-corrected chi connectivity index (χ4v) is 6.08. The molecule has 2 heterocycles. The van der Waals surface area contributed by atoms with Gasteiger partial charge in [-0.3, -0.25) is 9.48 Å². The standard InChI is InChI=1S/C28H39N5O3Si/c1-19-21(17-34)14-24(26(19)36-37(5,6)28(2,3)4)31-27-22(15-29-18-30-27)25(35)23-12-13-33(32-23)16-20-10-8-7-9-11-20/h7-13,15,18-19,21,24,26,34H,14,16-17H2,1-6H3,(H,29,30,31)/t19-,21-,24-,26?/m1/s1. The van der Waals surface area contributed by atoms with Crippen LogP contribution in [0.2, 0.25) is 18.1 Å². The van der Waals surface area contributed by atoms with E-state index in [0.717, 1.165) is 12.0 Å². The normalized spacial score (nSPS) is 22.2. The number of hydrogen-bond donors (Lipinski definition) is 2. The van der Waals surface area contributed by atoms with E-state index < -0.39 is 8.32 Å². The quantitative estimate of drug-likeness (QED) is 0.309. The molecule has 37 heavy (non-hydrogen) atoms. The molecule has 198 valence electrons. The number of hydrogen-bond acceptors (Lipinski definition) is 7. The molecule has 1 saturated carbocycles. The second-order valence-corrected chi connectivity index (χ2v) is 16.4. The van der Waals surface area contributed by atoms with Crippen molar-refractivity contribution < 1.29 is 14.3 Å². The van der Waals surface area contributed by atoms with Crippen molar-refractivity contribution in [1.82, 2.24) is 19.7 Å². The Hall–Kier alpha value is -2.88. The number of rotatable bonds is 9. The molecular formula is C28H39N5O3Si. The molecule has 1 fully saturated rings. The summed E-state index contributed by atoms with van der Waals surface area (Å²) in [6.07, 6.45) is 5.43. The SMILES string of the molecule is C[C@H]1C(O[Si](C)(C)C(C)(C)C)[C@H](Nc2ncncc2C(=O)c2ccn(Cc3ccccc3)n2)C[C@@H]1CO. The van der Waals surface area contributed by atoms with Gasteiger partial charge in [0.15, 0.2) is 8.32 Å². The minimum Gasteiger partial charge on any atom is -0.412 e. The van der Waals surface area contributed by atoms with Gasteiger partial charge in [-0.15, -0.1) is 0 Å². The molecule has 2 aromatic heterocycles. The van der Waals surface area contributed by atoms with Gasteiger partial charge in [-0.1, -0.05) is 58.0 Å². The number of nitrogens with zero attached hydrogens (tertiary/aromatic N) is 4. The lowest BCUT2D eigenvalue weighted by molar-refractivity contribution is 0.103. The Morgan fingerprint density at radius 2 is 1.95 bits per heavy atom. The maximum absolute atomic E-state index is 13.5. The van der Waals surface area contributed by atoms with Crippen LogP contribution in [0.4, 0.5) is 5.82 Å². The van der Waals surface area contributed by atoms with E-state index in [2.05, 4.69) is 61.2 Å². The lowest BCUT2D eigenvalue weighted by atomic mass is 9.98. The zero-order valence-corrected chi connectivity index (χ0v) is 23.7. The van der Waals surface area contributed by atoms with Crippen LogP contribution in [0.3, 0.4) is 0 Å². The first-order chi connectivity index (χ1) is 17.5. The van der Waals surface area contributed by atoms with Crippen molar-refractivity contribution in [1.29, 1.82) is 0 Å². The van der Waals surface area contributed by atoms with Gasteiger partial charge >= 0.3 is 0 Å². The van der Waals surface area contributed by atoms with Crippen LogP contribution in [0.1, 0.15) is 55.7 Å². The highest BCUT2D eigenvalue weighted by molar-refractivity contribution is 6.74. The molecule has 0 aliphatic heterocycles. The summed E-state index contributed by atoms with van der Waals surface area (Å²) < 4.78 is 8.62. The van der Waals surface area contributed by atoms with E-state index in [4.69, 9.17) is 4.43 Å². The van der Waals surface area contributed by atoms with Crippen LogP contribution in [0, 0.1) is 11.8 Å². The van der Waals surface area contributed by atoms with Gasteiger partial charge in [0.25, 0.3) is 0 Å². The number of benzene rings is 1. The van der Waals surface area contributed by atoms with E-state index >= 15 is 0 Å². The van der Waals surface area contributed by atoms with Crippen LogP contribution in [-0.4, -0.2) is 57.7 Å². The van der Waals surface area contributed by atoms with Crippen molar-refractivity contribution in [2.24, 2.45) is 11.8 Å². The number of carbonyl (C=O) groups excluding carboxylic acids is 1. The highest BCUT2D eigenvalue weighted by atomic mass is 28.4. The third kappa shape index (κ3) is 6.00. The first-order valence-corrected chi connectivity index (χ1v) is 15.9. The number of nitrogens with one attached hydrogen (secondary N) is 1. The summed E-state index contributed by atoms with van der Waals surface area (Å²) >= 11 is 0. The highest BCUT2D eigenvalue weighted by Gasteiger charge is 2.47. The Kier molecular flexibility index (Phi) is 7.96. The molecule has 1 aliphatic carbocycles. The van der Waals surface area contributed by atoms with Gasteiger partial charge in [-0.2, -0.15) is 5.10 Å². The Morgan fingerprint density at radius 3 is 2.62 bits per heavy atom. The van der Waals surface area contributed by atoms with Crippen LogP contribution in [0.15, 0.2) is 55.1 Å². The molecule has 1 unspecified atom stereocenters. The zero-order valence-electron chi connectivity index (χ0n) is 22.7. The summed E-state index contributed by atoms with van der Waals surface area (Å²) in [7, 11) is -2.06. The molecule has 3 aromatic rings. The molecule has 1 aliphatic rings. The monoisotopic (exact) mass is 521 g/mol. The van der Waals surface area contributed by atoms with Crippen LogP contribution in [0.25, 0.3) is 0 Å². The predicted molar refractivity (Wildman–Crippen MR) is 147 cm³/mol. The number of carbonyl (C=O) groups is 1. The average Bonchev–Trinajstić information content (AvgIpc) is 3.43. The smallest absolute Gasteiger partial charge is 0.218 e. The second kappa shape index (κ2) is 10.8. The predicted octanol–water partition coefficient (Wildman–Crippen LogP) is 4.77. The summed E-state index contributed by atoms with van der Waals surface area (Å²) in [6, 6.07) is 11.6. The van der Waals surface area contributed by atoms with Gasteiger partial charge in [0.1, 0.15) is 17.8 Å². The molecular weight excluding hydrogens is 482 g/mol. The van der Waals surface area contributed by atoms with Gasteiger partial charge in [-0.05, 0) is 48.0 Å². The van der Waals surface area contributed by atoms with Crippen LogP contribution in [0.5, 0.6) is 0 Å². The number of anilines is 1. The maximum atomic E-state index is 13.5. The van der Waals surface area contributed by atoms with Gasteiger partial charge < -0.3 is 14.8 Å². The van der Waals surface area contributed by atoms with Crippen molar-refractivity contribution in [2.45, 2.75) is 70.9 Å². The number of aromatic nitrogens is 4. The van der Waals surface area contributed by atoms with Crippen LogP contribution >= 0.6 is 0 Å². The lowest BCUT2D eigenvalue weighted by Crippen LogP contribution is -2.48. The first kappa shape index (κ1) is 27.2. The first-order valence-electron chi connectivity index (χ1n) is 13.0. The number of aliphatic hydroxyl groups excluding tert-OH is 1. The molecule has 4 rings (SSSR count). The van der Waals surface area contributed by atoms with E-state index in [1.54, 1.807) is 16.9 Å². The fraction of sp³-hybridized carbons (Fsp3) is 0.500. The minimum absolute atomic E-state index is 0.0587. The number of ketones is 1. The van der Waals surface area contributed by atoms with E-state index in [1.807, 2.05) is 36.5 Å². The topological polar surface area (TPSA) is 102 Å². The fourth-order valence-electron chi connectivity index (χ4n) is 4.66. The molecule has 1 aromatic carbocycles. The molecule has 4 atom stereocenters. The summed E-state index contributed by atoms with van der Waals surface area (Å²) in [5.41, 5.74) is 1.83. The van der Waals surface area contributed by atoms with Gasteiger partial charge in [0.05, 0.1) is 24.3 Å². The summed E-state index contributed by atoms with van der Waals surface area (Å²) in [5.74, 6) is 0.520. The molecule has 0 radical (unpaired) electrons. The van der Waals surface area contributed by atoms with Crippen molar-refractivity contribution in [3.8, 4) is 0 Å². The molecule has 0 saturated heterocycles. The van der Waals surface area contributed by atoms with Crippen LogP contribution < -0.4 is 5.32 Å². The molecule has 8 nitrogen and oxygen atoms in total. The average molecular weight is 522 g/mol. The third-order valence-electron chi connectivity index (χ3n) is 8.03. The minimum atomic E-state index is -2.06. The third-order valence-corrected chi connectivity index (χ3v) is 12.5. The van der Waals surface area contributed by atoms with Crippen LogP contribution in [-0.2, 0) is 11.0 Å². The molecule has 0 amide bonds. The van der Waals surface area contributed by atoms with Gasteiger partial charge in [-0.25, -0.2) is 9.97 Å². The lowest BCUT2D eigenvalue weighted by Gasteiger charge is -2.41. The van der Waals surface area contributed by atoms with Crippen molar-refractivity contribution in [3.05, 3.63) is 71.9 Å². The van der Waals surface area contributed by atoms with E-state index in [1.165, 1.54) is 6.33 Å². The summed E-state index contributed by atoms with van der Waals surface area (Å²) in [5, 5.41) is 18.1. The van der Waals surface area contributed by atoms with Gasteiger partial charge in [0.2, 0.25) is 5.78 Å². The van der Waals surface area contributed by atoms with E-state index in [9.17, 15) is 9.90 Å². The molecule has 0 bridgehead atoms. The Bertz CT molecular complexity index is 1210. The number of aliphatic hydroxyl groups is 1. The maximum Gasteiger partial charge on any atom is 0.218 e. The van der Waals surface area contributed by atoms with Crippen molar-refractivity contribution in [3.63, 3.8) is 0 Å². The van der Waals surface area contributed by atoms with E-state index in [0.29, 0.717) is 23.6 Å². The molecule has 0 spiro atoms. The van der Waals surface area contributed by atoms with Crippen molar-refractivity contribution >= 4 is 19.9 Å². The molecule has 2 N–H and O–H groups in total. The highest BCUT2D eigenvalue weighted by Crippen LogP contribution is 2.43. The Balaban J connectivity index is 1.56. The second-order valence-electron chi connectivity index (χ2n) is 11.6. The largest absolute Gasteiger partial charge is 0.412 e. The van der Waals surface area contributed by atoms with Crippen molar-refractivity contribution in [2.75, 3.05) is 11.9 Å².